The SMILES string of the molecule is Cc1cccc(-c2ccc(CNC(=O)C3CC3)cc2)c1. The highest BCUT2D eigenvalue weighted by atomic mass is 16.2. The van der Waals surface area contributed by atoms with Gasteiger partial charge in [-0.3, -0.25) is 4.79 Å². The van der Waals surface area contributed by atoms with E-state index in [-0.39, 0.29) is 11.8 Å². The van der Waals surface area contributed by atoms with E-state index in [1.807, 2.05) is 0 Å². The minimum Gasteiger partial charge on any atom is -0.352 e. The molecule has 1 amide bonds. The number of amides is 1. The maximum atomic E-state index is 11.6. The summed E-state index contributed by atoms with van der Waals surface area (Å²) in [7, 11) is 0. The standard InChI is InChI=1S/C18H19NO/c1-13-3-2-4-17(11-13)15-7-5-14(6-8-15)12-19-18(20)16-9-10-16/h2-8,11,16H,9-10,12H2,1H3,(H,19,20). The Morgan fingerprint density at radius 2 is 1.85 bits per heavy atom. The first-order valence-electron chi connectivity index (χ1n) is 7.16. The topological polar surface area (TPSA) is 29.1 Å². The van der Waals surface area contributed by atoms with E-state index in [1.165, 1.54) is 16.7 Å². The monoisotopic (exact) mass is 265 g/mol. The van der Waals surface area contributed by atoms with Gasteiger partial charge < -0.3 is 5.32 Å². The lowest BCUT2D eigenvalue weighted by molar-refractivity contribution is -0.122. The summed E-state index contributed by atoms with van der Waals surface area (Å²) in [5, 5.41) is 2.99. The third-order valence-electron chi connectivity index (χ3n) is 3.72. The van der Waals surface area contributed by atoms with Crippen LogP contribution < -0.4 is 5.32 Å². The predicted octanol–water partition coefficient (Wildman–Crippen LogP) is 3.69. The van der Waals surface area contributed by atoms with E-state index >= 15 is 0 Å². The summed E-state index contributed by atoms with van der Waals surface area (Å²) in [6.07, 6.45) is 2.11. The Hall–Kier alpha value is -2.09. The molecule has 2 heteroatoms. The number of carbonyl (C=O) groups excluding carboxylic acids is 1. The van der Waals surface area contributed by atoms with Crippen molar-refractivity contribution in [2.24, 2.45) is 5.92 Å². The molecule has 1 N–H and O–H groups in total. The number of hydrogen-bond donors (Lipinski definition) is 1. The quantitative estimate of drug-likeness (QED) is 0.897. The van der Waals surface area contributed by atoms with Crippen molar-refractivity contribution >= 4 is 5.91 Å². The molecular weight excluding hydrogens is 246 g/mol. The molecule has 102 valence electrons. The minimum atomic E-state index is 0.202. The van der Waals surface area contributed by atoms with Gasteiger partial charge in [-0.05, 0) is 36.5 Å². The molecule has 0 radical (unpaired) electrons. The summed E-state index contributed by atoms with van der Waals surface area (Å²) in [6, 6.07) is 16.9. The Kier molecular flexibility index (Phi) is 3.55. The molecule has 3 rings (SSSR count). The first-order chi connectivity index (χ1) is 9.72. The van der Waals surface area contributed by atoms with E-state index in [0.717, 1.165) is 18.4 Å². The summed E-state index contributed by atoms with van der Waals surface area (Å²) in [5.74, 6) is 0.481. The molecule has 1 fully saturated rings. The van der Waals surface area contributed by atoms with Crippen LogP contribution in [0.15, 0.2) is 48.5 Å². The smallest absolute Gasteiger partial charge is 0.223 e. The first-order valence-corrected chi connectivity index (χ1v) is 7.16. The molecule has 0 aromatic heterocycles. The van der Waals surface area contributed by atoms with Crippen molar-refractivity contribution in [1.82, 2.24) is 5.32 Å². The van der Waals surface area contributed by atoms with Crippen LogP contribution in [-0.4, -0.2) is 5.91 Å². The van der Waals surface area contributed by atoms with Crippen molar-refractivity contribution < 1.29 is 4.79 Å². The van der Waals surface area contributed by atoms with Crippen LogP contribution in [0.2, 0.25) is 0 Å². The summed E-state index contributed by atoms with van der Waals surface area (Å²) in [4.78, 5) is 11.6. The van der Waals surface area contributed by atoms with Crippen molar-refractivity contribution in [2.75, 3.05) is 0 Å². The maximum Gasteiger partial charge on any atom is 0.223 e. The van der Waals surface area contributed by atoms with Crippen LogP contribution in [0.4, 0.5) is 0 Å². The van der Waals surface area contributed by atoms with Crippen LogP contribution >= 0.6 is 0 Å². The molecule has 1 saturated carbocycles. The average molecular weight is 265 g/mol. The Labute approximate surface area is 119 Å². The van der Waals surface area contributed by atoms with Gasteiger partial charge >= 0.3 is 0 Å². The fourth-order valence-corrected chi connectivity index (χ4v) is 2.32. The molecule has 20 heavy (non-hydrogen) atoms. The second-order valence-corrected chi connectivity index (χ2v) is 5.56. The highest BCUT2D eigenvalue weighted by molar-refractivity contribution is 5.80. The normalized spacial score (nSPS) is 14.1. The molecule has 2 aromatic rings. The van der Waals surface area contributed by atoms with E-state index in [4.69, 9.17) is 0 Å². The summed E-state index contributed by atoms with van der Waals surface area (Å²) in [6.45, 7) is 2.73. The van der Waals surface area contributed by atoms with Crippen molar-refractivity contribution in [3.63, 3.8) is 0 Å². The molecule has 0 aliphatic heterocycles. The second kappa shape index (κ2) is 5.49. The highest BCUT2D eigenvalue weighted by Gasteiger charge is 2.29. The third kappa shape index (κ3) is 3.08. The first kappa shape index (κ1) is 12.9. The third-order valence-corrected chi connectivity index (χ3v) is 3.72. The molecule has 1 aliphatic carbocycles. The molecule has 0 bridgehead atoms. The van der Waals surface area contributed by atoms with Gasteiger partial charge in [-0.25, -0.2) is 0 Å². The van der Waals surface area contributed by atoms with Crippen molar-refractivity contribution in [3.8, 4) is 11.1 Å². The molecule has 1 aliphatic rings. The van der Waals surface area contributed by atoms with Crippen LogP contribution in [0.1, 0.15) is 24.0 Å². The fourth-order valence-electron chi connectivity index (χ4n) is 2.32. The molecule has 2 nitrogen and oxygen atoms in total. The van der Waals surface area contributed by atoms with E-state index in [0.29, 0.717) is 6.54 Å². The molecular formula is C18H19NO. The van der Waals surface area contributed by atoms with Gasteiger partial charge in [0.25, 0.3) is 0 Å². The molecule has 0 heterocycles. The lowest BCUT2D eigenvalue weighted by atomic mass is 10.0. The van der Waals surface area contributed by atoms with Crippen molar-refractivity contribution in [1.29, 1.82) is 0 Å². The van der Waals surface area contributed by atoms with Gasteiger partial charge in [0.15, 0.2) is 0 Å². The summed E-state index contributed by atoms with van der Waals surface area (Å²) >= 11 is 0. The summed E-state index contributed by atoms with van der Waals surface area (Å²) < 4.78 is 0. The Bertz CT molecular complexity index is 612. The van der Waals surface area contributed by atoms with Gasteiger partial charge in [0.1, 0.15) is 0 Å². The van der Waals surface area contributed by atoms with E-state index in [1.54, 1.807) is 0 Å². The Balaban J connectivity index is 1.66. The maximum absolute atomic E-state index is 11.6. The summed E-state index contributed by atoms with van der Waals surface area (Å²) in [5.41, 5.74) is 4.86. The molecule has 0 atom stereocenters. The largest absolute Gasteiger partial charge is 0.352 e. The van der Waals surface area contributed by atoms with Crippen molar-refractivity contribution in [2.45, 2.75) is 26.3 Å². The van der Waals surface area contributed by atoms with Gasteiger partial charge in [-0.15, -0.1) is 0 Å². The number of nitrogens with one attached hydrogen (secondary N) is 1. The molecule has 0 unspecified atom stereocenters. The van der Waals surface area contributed by atoms with Gasteiger partial charge in [0.05, 0.1) is 0 Å². The van der Waals surface area contributed by atoms with Gasteiger partial charge in [0.2, 0.25) is 5.91 Å². The highest BCUT2D eigenvalue weighted by Crippen LogP contribution is 2.28. The van der Waals surface area contributed by atoms with Gasteiger partial charge in [0, 0.05) is 12.5 Å². The zero-order valence-electron chi connectivity index (χ0n) is 11.7. The lowest BCUT2D eigenvalue weighted by Gasteiger charge is -2.07. The van der Waals surface area contributed by atoms with E-state index < -0.39 is 0 Å². The molecule has 0 spiro atoms. The molecule has 2 aromatic carbocycles. The number of aryl methyl sites for hydroxylation is 1. The molecule has 0 saturated heterocycles. The van der Waals surface area contributed by atoms with Gasteiger partial charge in [-0.1, -0.05) is 54.1 Å². The second-order valence-electron chi connectivity index (χ2n) is 5.56. The predicted molar refractivity (Wildman–Crippen MR) is 81.2 cm³/mol. The Morgan fingerprint density at radius 1 is 1.10 bits per heavy atom. The van der Waals surface area contributed by atoms with Crippen LogP contribution in [-0.2, 0) is 11.3 Å². The van der Waals surface area contributed by atoms with Crippen LogP contribution in [0.25, 0.3) is 11.1 Å². The lowest BCUT2D eigenvalue weighted by Crippen LogP contribution is -2.24. The zero-order chi connectivity index (χ0) is 13.9. The van der Waals surface area contributed by atoms with Crippen LogP contribution in [0.3, 0.4) is 0 Å². The van der Waals surface area contributed by atoms with Crippen LogP contribution in [0.5, 0.6) is 0 Å². The number of carbonyl (C=O) groups is 1. The number of rotatable bonds is 4. The minimum absolute atomic E-state index is 0.202. The zero-order valence-corrected chi connectivity index (χ0v) is 11.7. The number of benzene rings is 2. The van der Waals surface area contributed by atoms with E-state index in [9.17, 15) is 4.79 Å². The van der Waals surface area contributed by atoms with Gasteiger partial charge in [-0.2, -0.15) is 0 Å². The van der Waals surface area contributed by atoms with E-state index in [2.05, 4.69) is 60.8 Å². The van der Waals surface area contributed by atoms with Crippen LogP contribution in [0, 0.1) is 12.8 Å². The Morgan fingerprint density at radius 3 is 2.50 bits per heavy atom. The van der Waals surface area contributed by atoms with Crippen molar-refractivity contribution in [3.05, 3.63) is 59.7 Å². The average Bonchev–Trinajstić information content (AvgIpc) is 3.30. The fraction of sp³-hybridized carbons (Fsp3) is 0.278. The number of hydrogen-bond acceptors (Lipinski definition) is 1.